The lowest BCUT2D eigenvalue weighted by molar-refractivity contribution is 0.132. The molecular formula is C17H16O3. The van der Waals surface area contributed by atoms with Crippen LogP contribution >= 0.6 is 0 Å². The second kappa shape index (κ2) is 4.53. The summed E-state index contributed by atoms with van der Waals surface area (Å²) in [5, 5.41) is 10.6. The lowest BCUT2D eigenvalue weighted by atomic mass is 9.73. The first-order chi connectivity index (χ1) is 9.83. The first kappa shape index (κ1) is 11.8. The molecule has 0 spiro atoms. The molecule has 3 heteroatoms. The van der Waals surface area contributed by atoms with Gasteiger partial charge in [0.2, 0.25) is 0 Å². The van der Waals surface area contributed by atoms with Crippen molar-refractivity contribution >= 4 is 0 Å². The van der Waals surface area contributed by atoms with Gasteiger partial charge < -0.3 is 14.6 Å². The Morgan fingerprint density at radius 1 is 1.00 bits per heavy atom. The Kier molecular flexibility index (Phi) is 2.67. The van der Waals surface area contributed by atoms with Gasteiger partial charge in [-0.3, -0.25) is 0 Å². The van der Waals surface area contributed by atoms with E-state index in [9.17, 15) is 5.11 Å². The molecule has 4 rings (SSSR count). The van der Waals surface area contributed by atoms with E-state index in [1.807, 2.05) is 30.3 Å². The number of rotatable bonds is 2. The van der Waals surface area contributed by atoms with E-state index >= 15 is 0 Å². The summed E-state index contributed by atoms with van der Waals surface area (Å²) in [7, 11) is 0. The van der Waals surface area contributed by atoms with E-state index in [4.69, 9.17) is 9.47 Å². The zero-order chi connectivity index (χ0) is 13.5. The molecule has 1 heterocycles. The van der Waals surface area contributed by atoms with E-state index in [1.54, 1.807) is 0 Å². The van der Waals surface area contributed by atoms with E-state index in [-0.39, 0.29) is 5.92 Å². The Hall–Kier alpha value is -2.00. The van der Waals surface area contributed by atoms with Gasteiger partial charge in [-0.25, -0.2) is 0 Å². The number of aliphatic hydroxyl groups excluding tert-OH is 1. The zero-order valence-electron chi connectivity index (χ0n) is 11.1. The molecule has 20 heavy (non-hydrogen) atoms. The molecule has 2 aromatic carbocycles. The highest BCUT2D eigenvalue weighted by Gasteiger charge is 2.33. The molecule has 0 saturated carbocycles. The zero-order valence-corrected chi connectivity index (χ0v) is 11.1. The number of hydrogen-bond acceptors (Lipinski definition) is 3. The third-order valence-corrected chi connectivity index (χ3v) is 4.18. The van der Waals surface area contributed by atoms with Gasteiger partial charge in [0, 0.05) is 5.92 Å². The average molecular weight is 268 g/mol. The summed E-state index contributed by atoms with van der Waals surface area (Å²) < 4.78 is 11.1. The van der Waals surface area contributed by atoms with Crippen LogP contribution in [0.3, 0.4) is 0 Å². The van der Waals surface area contributed by atoms with Gasteiger partial charge in [0.15, 0.2) is 11.5 Å². The summed E-state index contributed by atoms with van der Waals surface area (Å²) in [4.78, 5) is 0. The molecule has 2 unspecified atom stereocenters. The number of benzene rings is 2. The average Bonchev–Trinajstić information content (AvgIpc) is 2.48. The maximum Gasteiger partial charge on any atom is 0.161 e. The van der Waals surface area contributed by atoms with Crippen LogP contribution in [0.2, 0.25) is 0 Å². The molecule has 0 aromatic heterocycles. The molecule has 1 N–H and O–H groups in total. The van der Waals surface area contributed by atoms with Gasteiger partial charge in [-0.05, 0) is 35.2 Å². The first-order valence-electron chi connectivity index (χ1n) is 6.98. The van der Waals surface area contributed by atoms with Crippen molar-refractivity contribution in [2.75, 3.05) is 13.2 Å². The fourth-order valence-electron chi connectivity index (χ4n) is 3.06. The summed E-state index contributed by atoms with van der Waals surface area (Å²) in [6, 6.07) is 14.0. The van der Waals surface area contributed by atoms with Crippen molar-refractivity contribution in [3.05, 3.63) is 59.2 Å². The molecule has 2 aromatic rings. The van der Waals surface area contributed by atoms with Gasteiger partial charge in [0.25, 0.3) is 0 Å². The molecule has 2 aliphatic rings. The molecular weight excluding hydrogens is 252 g/mol. The number of hydrogen-bond donors (Lipinski definition) is 1. The molecule has 102 valence electrons. The van der Waals surface area contributed by atoms with Gasteiger partial charge in [-0.2, -0.15) is 0 Å². The van der Waals surface area contributed by atoms with Crippen LogP contribution < -0.4 is 9.47 Å². The van der Waals surface area contributed by atoms with E-state index in [0.29, 0.717) is 13.2 Å². The van der Waals surface area contributed by atoms with Gasteiger partial charge in [0.1, 0.15) is 13.2 Å². The summed E-state index contributed by atoms with van der Waals surface area (Å²) >= 11 is 0. The monoisotopic (exact) mass is 268 g/mol. The van der Waals surface area contributed by atoms with Crippen LogP contribution in [0.4, 0.5) is 0 Å². The Labute approximate surface area is 117 Å². The highest BCUT2D eigenvalue weighted by molar-refractivity contribution is 5.47. The van der Waals surface area contributed by atoms with E-state index < -0.39 is 6.10 Å². The smallest absolute Gasteiger partial charge is 0.161 e. The minimum atomic E-state index is -0.485. The quantitative estimate of drug-likeness (QED) is 0.910. The van der Waals surface area contributed by atoms with Crippen LogP contribution in [0, 0.1) is 0 Å². The molecule has 0 radical (unpaired) electrons. The minimum Gasteiger partial charge on any atom is -0.486 e. The predicted octanol–water partition coefficient (Wildman–Crippen LogP) is 2.83. The number of fused-ring (bicyclic) bond motifs is 2. The normalized spacial score (nSPS) is 20.8. The van der Waals surface area contributed by atoms with E-state index in [0.717, 1.165) is 23.5 Å². The minimum absolute atomic E-state index is 0.189. The Morgan fingerprint density at radius 2 is 1.80 bits per heavy atom. The molecule has 0 bridgehead atoms. The first-order valence-corrected chi connectivity index (χ1v) is 6.98. The van der Waals surface area contributed by atoms with E-state index in [1.165, 1.54) is 11.1 Å². The van der Waals surface area contributed by atoms with Crippen molar-refractivity contribution in [1.82, 2.24) is 0 Å². The van der Waals surface area contributed by atoms with Crippen molar-refractivity contribution in [2.45, 2.75) is 18.4 Å². The maximum absolute atomic E-state index is 10.6. The van der Waals surface area contributed by atoms with Crippen molar-refractivity contribution in [2.24, 2.45) is 0 Å². The van der Waals surface area contributed by atoms with Crippen molar-refractivity contribution < 1.29 is 14.6 Å². The SMILES string of the molecule is OC(c1ccc2c(c1)OCCO2)C1Cc2ccccc21. The van der Waals surface area contributed by atoms with Crippen LogP contribution in [0.25, 0.3) is 0 Å². The summed E-state index contributed by atoms with van der Waals surface area (Å²) in [5.41, 5.74) is 3.50. The van der Waals surface area contributed by atoms with Gasteiger partial charge in [-0.1, -0.05) is 30.3 Å². The summed E-state index contributed by atoms with van der Waals surface area (Å²) in [5.74, 6) is 1.69. The Bertz CT molecular complexity index is 650. The molecule has 1 aliphatic heterocycles. The lowest BCUT2D eigenvalue weighted by Crippen LogP contribution is -2.24. The predicted molar refractivity (Wildman–Crippen MR) is 75.3 cm³/mol. The molecule has 0 amide bonds. The van der Waals surface area contributed by atoms with Crippen molar-refractivity contribution in [3.8, 4) is 11.5 Å². The second-order valence-electron chi connectivity index (χ2n) is 5.36. The van der Waals surface area contributed by atoms with Crippen molar-refractivity contribution in [3.63, 3.8) is 0 Å². The molecule has 0 fully saturated rings. The van der Waals surface area contributed by atoms with Gasteiger partial charge in [0.05, 0.1) is 6.10 Å². The lowest BCUT2D eigenvalue weighted by Gasteiger charge is -2.34. The number of aliphatic hydroxyl groups is 1. The largest absolute Gasteiger partial charge is 0.486 e. The summed E-state index contributed by atoms with van der Waals surface area (Å²) in [6.07, 6.45) is 0.451. The standard InChI is InChI=1S/C17H16O3/c18-17(14-9-11-3-1-2-4-13(11)14)12-5-6-15-16(10-12)20-8-7-19-15/h1-6,10,14,17-18H,7-9H2. The van der Waals surface area contributed by atoms with Crippen LogP contribution in [0.15, 0.2) is 42.5 Å². The topological polar surface area (TPSA) is 38.7 Å². The van der Waals surface area contributed by atoms with Crippen LogP contribution in [0.1, 0.15) is 28.7 Å². The number of ether oxygens (including phenoxy) is 2. The van der Waals surface area contributed by atoms with E-state index in [2.05, 4.69) is 12.1 Å². The van der Waals surface area contributed by atoms with Crippen LogP contribution in [-0.4, -0.2) is 18.3 Å². The van der Waals surface area contributed by atoms with Crippen molar-refractivity contribution in [1.29, 1.82) is 0 Å². The molecule has 3 nitrogen and oxygen atoms in total. The van der Waals surface area contributed by atoms with Crippen LogP contribution in [0.5, 0.6) is 11.5 Å². The highest BCUT2D eigenvalue weighted by atomic mass is 16.6. The maximum atomic E-state index is 10.6. The fourth-order valence-corrected chi connectivity index (χ4v) is 3.06. The Balaban J connectivity index is 1.62. The molecule has 2 atom stereocenters. The molecule has 1 aliphatic carbocycles. The second-order valence-corrected chi connectivity index (χ2v) is 5.36. The summed E-state index contributed by atoms with van der Waals surface area (Å²) in [6.45, 7) is 1.16. The van der Waals surface area contributed by atoms with Gasteiger partial charge >= 0.3 is 0 Å². The van der Waals surface area contributed by atoms with Crippen LogP contribution in [-0.2, 0) is 6.42 Å². The highest BCUT2D eigenvalue weighted by Crippen LogP contribution is 2.44. The molecule has 0 saturated heterocycles. The Morgan fingerprint density at radius 3 is 2.65 bits per heavy atom. The third-order valence-electron chi connectivity index (χ3n) is 4.18. The third kappa shape index (κ3) is 1.78. The fraction of sp³-hybridized carbons (Fsp3) is 0.294. The van der Waals surface area contributed by atoms with Gasteiger partial charge in [-0.15, -0.1) is 0 Å².